The molecular weight excluding hydrogens is 294 g/mol. The van der Waals surface area contributed by atoms with Crippen LogP contribution in [0.2, 0.25) is 0 Å². The molecule has 5 heteroatoms. The maximum Gasteiger partial charge on any atom is 0.312 e. The van der Waals surface area contributed by atoms with Crippen molar-refractivity contribution in [1.29, 1.82) is 0 Å². The van der Waals surface area contributed by atoms with Gasteiger partial charge in [0.25, 0.3) is 0 Å². The predicted octanol–water partition coefficient (Wildman–Crippen LogP) is 1.70. The highest BCUT2D eigenvalue weighted by atomic mass is 16.5. The highest BCUT2D eigenvalue weighted by Crippen LogP contribution is 2.53. The quantitative estimate of drug-likeness (QED) is 0.629. The molecule has 23 heavy (non-hydrogen) atoms. The normalized spacial score (nSPS) is 35.5. The van der Waals surface area contributed by atoms with E-state index >= 15 is 0 Å². The van der Waals surface area contributed by atoms with Crippen LogP contribution in [-0.2, 0) is 19.1 Å². The molecule has 0 aromatic heterocycles. The zero-order valence-corrected chi connectivity index (χ0v) is 13.1. The zero-order chi connectivity index (χ0) is 16.2. The summed E-state index contributed by atoms with van der Waals surface area (Å²) in [5.74, 6) is -1.40. The van der Waals surface area contributed by atoms with Crippen molar-refractivity contribution >= 4 is 11.9 Å². The average Bonchev–Trinajstić information content (AvgIpc) is 3.22. The molecule has 3 heterocycles. The van der Waals surface area contributed by atoms with Gasteiger partial charge in [-0.25, -0.2) is 0 Å². The van der Waals surface area contributed by atoms with Crippen LogP contribution >= 0.6 is 0 Å². The summed E-state index contributed by atoms with van der Waals surface area (Å²) in [6, 6.07) is 9.84. The van der Waals surface area contributed by atoms with Gasteiger partial charge in [-0.05, 0) is 12.5 Å². The summed E-state index contributed by atoms with van der Waals surface area (Å²) in [7, 11) is 1.36. The van der Waals surface area contributed by atoms with Gasteiger partial charge in [0.05, 0.1) is 31.7 Å². The zero-order valence-electron chi connectivity index (χ0n) is 13.1. The van der Waals surface area contributed by atoms with Crippen LogP contribution in [0.4, 0.5) is 0 Å². The topological polar surface area (TPSA) is 55.8 Å². The van der Waals surface area contributed by atoms with Gasteiger partial charge < -0.3 is 14.4 Å². The summed E-state index contributed by atoms with van der Waals surface area (Å²) >= 11 is 0. The van der Waals surface area contributed by atoms with Gasteiger partial charge >= 0.3 is 5.97 Å². The Labute approximate surface area is 134 Å². The highest BCUT2D eigenvalue weighted by Gasteiger charge is 2.67. The van der Waals surface area contributed by atoms with Crippen molar-refractivity contribution in [2.75, 3.05) is 13.7 Å². The molecule has 120 valence electrons. The smallest absolute Gasteiger partial charge is 0.312 e. The molecule has 0 N–H and O–H groups in total. The summed E-state index contributed by atoms with van der Waals surface area (Å²) in [5, 5.41) is 0. The van der Waals surface area contributed by atoms with Crippen molar-refractivity contribution in [2.45, 2.75) is 24.7 Å². The largest absolute Gasteiger partial charge is 0.469 e. The van der Waals surface area contributed by atoms with Crippen molar-refractivity contribution in [3.63, 3.8) is 0 Å². The average molecular weight is 313 g/mol. The van der Waals surface area contributed by atoms with Gasteiger partial charge in [-0.2, -0.15) is 0 Å². The number of amides is 1. The van der Waals surface area contributed by atoms with Crippen molar-refractivity contribution in [3.05, 3.63) is 48.0 Å². The molecule has 1 aromatic carbocycles. The maximum absolute atomic E-state index is 13.0. The predicted molar refractivity (Wildman–Crippen MR) is 82.3 cm³/mol. The van der Waals surface area contributed by atoms with Crippen molar-refractivity contribution in [3.8, 4) is 0 Å². The van der Waals surface area contributed by atoms with E-state index in [9.17, 15) is 9.59 Å². The molecule has 0 radical (unpaired) electrons. The summed E-state index contributed by atoms with van der Waals surface area (Å²) in [6.07, 6.45) is 3.50. The van der Waals surface area contributed by atoms with Crippen LogP contribution in [0.15, 0.2) is 42.5 Å². The molecule has 0 aliphatic carbocycles. The van der Waals surface area contributed by atoms with Crippen LogP contribution in [0.5, 0.6) is 0 Å². The Balaban J connectivity index is 1.67. The van der Waals surface area contributed by atoms with E-state index in [0.29, 0.717) is 6.54 Å². The molecule has 4 rings (SSSR count). The Hall–Kier alpha value is -2.14. The lowest BCUT2D eigenvalue weighted by atomic mass is 9.77. The number of hydrogen-bond acceptors (Lipinski definition) is 4. The summed E-state index contributed by atoms with van der Waals surface area (Å²) in [4.78, 5) is 27.0. The van der Waals surface area contributed by atoms with Crippen LogP contribution in [0.3, 0.4) is 0 Å². The molecule has 2 saturated heterocycles. The minimum absolute atomic E-state index is 0.0244. The van der Waals surface area contributed by atoms with Crippen LogP contribution in [0.25, 0.3) is 0 Å². The molecule has 5 nitrogen and oxygen atoms in total. The number of carbonyl (C=O) groups excluding carboxylic acids is 2. The second kappa shape index (κ2) is 4.93. The molecule has 5 atom stereocenters. The minimum Gasteiger partial charge on any atom is -0.469 e. The number of ether oxygens (including phenoxy) is 2. The molecule has 2 fully saturated rings. The van der Waals surface area contributed by atoms with Crippen LogP contribution in [0.1, 0.15) is 18.5 Å². The monoisotopic (exact) mass is 313 g/mol. The third-order valence-electron chi connectivity index (χ3n) is 5.35. The minimum atomic E-state index is -0.677. The fourth-order valence-corrected chi connectivity index (χ4v) is 4.17. The van der Waals surface area contributed by atoms with Crippen LogP contribution in [0, 0.1) is 11.8 Å². The Morgan fingerprint density at radius 1 is 1.39 bits per heavy atom. The van der Waals surface area contributed by atoms with Gasteiger partial charge in [-0.15, -0.1) is 0 Å². The number of likely N-dealkylation sites (tertiary alicyclic amines) is 1. The molecule has 0 unspecified atom stereocenters. The fraction of sp³-hybridized carbons (Fsp3) is 0.444. The van der Waals surface area contributed by atoms with Gasteiger partial charge in [-0.3, -0.25) is 9.59 Å². The summed E-state index contributed by atoms with van der Waals surface area (Å²) in [6.45, 7) is 2.49. The lowest BCUT2D eigenvalue weighted by Gasteiger charge is -2.27. The number of carbonyl (C=O) groups is 2. The van der Waals surface area contributed by atoms with Crippen molar-refractivity contribution in [1.82, 2.24) is 4.90 Å². The molecule has 2 bridgehead atoms. The number of hydrogen-bond donors (Lipinski definition) is 0. The molecule has 3 aliphatic rings. The third-order valence-corrected chi connectivity index (χ3v) is 5.35. The Bertz CT molecular complexity index is 686. The molecule has 1 aromatic rings. The van der Waals surface area contributed by atoms with E-state index in [-0.39, 0.29) is 24.0 Å². The number of esters is 1. The SMILES string of the molecule is COC(=O)[C@@H]1[C@H]2C(=O)N([C@@H](C)c3ccccc3)C[C@]23C=C[C@H]1O3. The van der Waals surface area contributed by atoms with E-state index in [2.05, 4.69) is 0 Å². The van der Waals surface area contributed by atoms with Gasteiger partial charge in [0.1, 0.15) is 11.5 Å². The second-order valence-electron chi connectivity index (χ2n) is 6.48. The first kappa shape index (κ1) is 14.5. The standard InChI is InChI=1S/C18H19NO4/c1-11(12-6-4-3-5-7-12)19-10-18-9-8-13(23-18)14(17(21)22-2)15(18)16(19)20/h3-9,11,13-15H,10H2,1-2H3/t11-,13+,14-,15-,18+/m0/s1. The first-order valence-corrected chi connectivity index (χ1v) is 7.88. The Morgan fingerprint density at radius 3 is 2.83 bits per heavy atom. The van der Waals surface area contributed by atoms with Crippen molar-refractivity contribution < 1.29 is 19.1 Å². The van der Waals surface area contributed by atoms with Gasteiger partial charge in [0, 0.05) is 0 Å². The first-order chi connectivity index (χ1) is 11.1. The molecule has 1 amide bonds. The lowest BCUT2D eigenvalue weighted by molar-refractivity contribution is -0.151. The van der Waals surface area contributed by atoms with E-state index < -0.39 is 17.4 Å². The maximum atomic E-state index is 13.0. The first-order valence-electron chi connectivity index (χ1n) is 7.88. The number of methoxy groups -OCH3 is 1. The van der Waals surface area contributed by atoms with Gasteiger partial charge in [0.2, 0.25) is 5.91 Å². The van der Waals surface area contributed by atoms with E-state index in [0.717, 1.165) is 5.56 Å². The van der Waals surface area contributed by atoms with E-state index in [1.807, 2.05) is 54.3 Å². The van der Waals surface area contributed by atoms with E-state index in [1.54, 1.807) is 0 Å². The number of benzene rings is 1. The second-order valence-corrected chi connectivity index (χ2v) is 6.48. The Morgan fingerprint density at radius 2 is 2.13 bits per heavy atom. The van der Waals surface area contributed by atoms with Crippen LogP contribution in [-0.4, -0.2) is 42.1 Å². The molecule has 1 spiro atoms. The molecule has 3 aliphatic heterocycles. The Kier molecular flexibility index (Phi) is 3.10. The van der Waals surface area contributed by atoms with Gasteiger partial charge in [0.15, 0.2) is 0 Å². The molecule has 0 saturated carbocycles. The number of nitrogens with zero attached hydrogens (tertiary/aromatic N) is 1. The van der Waals surface area contributed by atoms with E-state index in [4.69, 9.17) is 9.47 Å². The number of fused-ring (bicyclic) bond motifs is 1. The van der Waals surface area contributed by atoms with Crippen LogP contribution < -0.4 is 0 Å². The fourth-order valence-electron chi connectivity index (χ4n) is 4.17. The third kappa shape index (κ3) is 1.89. The van der Waals surface area contributed by atoms with Crippen molar-refractivity contribution in [2.24, 2.45) is 11.8 Å². The summed E-state index contributed by atoms with van der Waals surface area (Å²) < 4.78 is 10.9. The van der Waals surface area contributed by atoms with E-state index in [1.165, 1.54) is 7.11 Å². The number of rotatable bonds is 3. The van der Waals surface area contributed by atoms with Gasteiger partial charge in [-0.1, -0.05) is 42.5 Å². The molecular formula is C18H19NO4. The lowest BCUT2D eigenvalue weighted by Crippen LogP contribution is -2.39. The summed E-state index contributed by atoms with van der Waals surface area (Å²) in [5.41, 5.74) is 0.397. The highest BCUT2D eigenvalue weighted by molar-refractivity contribution is 5.91.